The fraction of sp³-hybridized carbons (Fsp3) is 0.150. The van der Waals surface area contributed by atoms with Gasteiger partial charge >= 0.3 is 0 Å². The van der Waals surface area contributed by atoms with E-state index in [1.165, 1.54) is 5.56 Å². The predicted octanol–water partition coefficient (Wildman–Crippen LogP) is 4.82. The molecule has 0 bridgehead atoms. The number of fused-ring (bicyclic) bond motifs is 1. The summed E-state index contributed by atoms with van der Waals surface area (Å²) >= 11 is 1.67. The van der Waals surface area contributed by atoms with Crippen molar-refractivity contribution in [3.05, 3.63) is 87.6 Å². The Kier molecular flexibility index (Phi) is 3.82. The number of aryl methyl sites for hydroxylation is 1. The van der Waals surface area contributed by atoms with E-state index in [-0.39, 0.29) is 12.1 Å². The quantitative estimate of drug-likeness (QED) is 0.744. The molecule has 4 heteroatoms. The zero-order valence-corrected chi connectivity index (χ0v) is 14.2. The Morgan fingerprint density at radius 2 is 1.83 bits per heavy atom. The molecule has 1 N–H and O–H groups in total. The number of hydrogen-bond acceptors (Lipinski definition) is 3. The van der Waals surface area contributed by atoms with Gasteiger partial charge in [-0.05, 0) is 36.1 Å². The molecule has 0 radical (unpaired) electrons. The maximum absolute atomic E-state index is 13.1. The minimum Gasteiger partial charge on any atom is -0.360 e. The maximum Gasteiger partial charge on any atom is 0.258 e. The van der Waals surface area contributed by atoms with Gasteiger partial charge in [-0.25, -0.2) is 0 Å². The molecule has 0 saturated heterocycles. The summed E-state index contributed by atoms with van der Waals surface area (Å²) in [7, 11) is 0. The summed E-state index contributed by atoms with van der Waals surface area (Å²) in [5.74, 6) is 0.0725. The number of anilines is 1. The highest BCUT2D eigenvalue weighted by molar-refractivity contribution is 7.10. The summed E-state index contributed by atoms with van der Waals surface area (Å²) in [6, 6.07) is 20.2. The van der Waals surface area contributed by atoms with Gasteiger partial charge in [0.15, 0.2) is 0 Å². The number of rotatable bonds is 3. The fourth-order valence-corrected chi connectivity index (χ4v) is 3.80. The predicted molar refractivity (Wildman–Crippen MR) is 98.2 cm³/mol. The molecule has 4 rings (SSSR count). The number of benzene rings is 2. The van der Waals surface area contributed by atoms with Gasteiger partial charge in [-0.2, -0.15) is 0 Å². The van der Waals surface area contributed by atoms with E-state index >= 15 is 0 Å². The van der Waals surface area contributed by atoms with Gasteiger partial charge in [0.2, 0.25) is 0 Å². The van der Waals surface area contributed by atoms with Crippen LogP contribution >= 0.6 is 11.3 Å². The first-order valence-corrected chi connectivity index (χ1v) is 8.86. The second kappa shape index (κ2) is 6.13. The fourth-order valence-electron chi connectivity index (χ4n) is 3.02. The van der Waals surface area contributed by atoms with E-state index in [9.17, 15) is 4.79 Å². The van der Waals surface area contributed by atoms with Gasteiger partial charge in [0.05, 0.1) is 5.56 Å². The van der Waals surface area contributed by atoms with Crippen molar-refractivity contribution in [1.82, 2.24) is 4.90 Å². The van der Waals surface area contributed by atoms with Crippen molar-refractivity contribution in [2.75, 3.05) is 5.32 Å². The van der Waals surface area contributed by atoms with Crippen LogP contribution in [0.1, 0.15) is 32.5 Å². The van der Waals surface area contributed by atoms with E-state index in [0.29, 0.717) is 6.54 Å². The first kappa shape index (κ1) is 15.0. The Morgan fingerprint density at radius 3 is 2.58 bits per heavy atom. The number of carbonyl (C=O) groups is 1. The molecule has 1 aromatic heterocycles. The van der Waals surface area contributed by atoms with Crippen LogP contribution in [-0.4, -0.2) is 10.8 Å². The Balaban J connectivity index is 1.73. The van der Waals surface area contributed by atoms with Gasteiger partial charge in [-0.15, -0.1) is 11.3 Å². The summed E-state index contributed by atoms with van der Waals surface area (Å²) in [5.41, 5.74) is 4.00. The molecule has 0 unspecified atom stereocenters. The smallest absolute Gasteiger partial charge is 0.258 e. The molecule has 3 aromatic rings. The van der Waals surface area contributed by atoms with E-state index in [0.717, 1.165) is 21.7 Å². The highest BCUT2D eigenvalue weighted by Gasteiger charge is 2.33. The lowest BCUT2D eigenvalue weighted by molar-refractivity contribution is 0.0669. The number of para-hydroxylation sites is 1. The van der Waals surface area contributed by atoms with Crippen LogP contribution in [0.5, 0.6) is 0 Å². The van der Waals surface area contributed by atoms with Crippen LogP contribution in [0.4, 0.5) is 5.69 Å². The van der Waals surface area contributed by atoms with E-state index in [1.807, 2.05) is 40.6 Å². The molecule has 0 aliphatic carbocycles. The Labute approximate surface area is 145 Å². The van der Waals surface area contributed by atoms with Gasteiger partial charge in [-0.3, -0.25) is 4.79 Å². The van der Waals surface area contributed by atoms with Gasteiger partial charge in [0.1, 0.15) is 6.17 Å². The van der Waals surface area contributed by atoms with E-state index in [4.69, 9.17) is 0 Å². The van der Waals surface area contributed by atoms with Crippen molar-refractivity contribution in [2.45, 2.75) is 19.6 Å². The summed E-state index contributed by atoms with van der Waals surface area (Å²) in [4.78, 5) is 16.1. The van der Waals surface area contributed by atoms with Crippen LogP contribution < -0.4 is 5.32 Å². The average Bonchev–Trinajstić information content (AvgIpc) is 3.13. The highest BCUT2D eigenvalue weighted by Crippen LogP contribution is 2.35. The molecular formula is C20H18N2OS. The van der Waals surface area contributed by atoms with Crippen LogP contribution in [0.25, 0.3) is 0 Å². The molecule has 1 aliphatic rings. The Bertz CT molecular complexity index is 856. The van der Waals surface area contributed by atoms with Crippen LogP contribution in [0.2, 0.25) is 0 Å². The third kappa shape index (κ3) is 2.69. The number of thiophene rings is 1. The second-order valence-corrected chi connectivity index (χ2v) is 7.01. The molecular weight excluding hydrogens is 316 g/mol. The van der Waals surface area contributed by atoms with Crippen LogP contribution in [-0.2, 0) is 6.54 Å². The van der Waals surface area contributed by atoms with Crippen LogP contribution in [0.3, 0.4) is 0 Å². The van der Waals surface area contributed by atoms with Crippen molar-refractivity contribution in [2.24, 2.45) is 0 Å². The number of hydrogen-bond donors (Lipinski definition) is 1. The summed E-state index contributed by atoms with van der Waals surface area (Å²) in [6.07, 6.45) is -0.131. The van der Waals surface area contributed by atoms with Gasteiger partial charge in [-0.1, -0.05) is 48.0 Å². The zero-order chi connectivity index (χ0) is 16.5. The van der Waals surface area contributed by atoms with E-state index in [1.54, 1.807) is 11.3 Å². The first-order valence-electron chi connectivity index (χ1n) is 7.98. The molecule has 1 amide bonds. The number of nitrogens with one attached hydrogen (secondary N) is 1. The summed E-state index contributed by atoms with van der Waals surface area (Å²) in [5, 5.41) is 5.57. The molecule has 0 saturated carbocycles. The largest absolute Gasteiger partial charge is 0.360 e. The topological polar surface area (TPSA) is 32.3 Å². The standard InChI is InChI=1S/C20H18N2OS/c1-14-8-10-15(11-9-14)13-22-19(18-7-4-12-24-18)21-17-6-3-2-5-16(17)20(22)23/h2-12,19,21H,13H2,1H3/t19-/m1/s1. The zero-order valence-electron chi connectivity index (χ0n) is 13.4. The third-order valence-electron chi connectivity index (χ3n) is 4.31. The monoisotopic (exact) mass is 334 g/mol. The Hall–Kier alpha value is -2.59. The molecule has 2 aromatic carbocycles. The van der Waals surface area contributed by atoms with Crippen molar-refractivity contribution in [1.29, 1.82) is 0 Å². The van der Waals surface area contributed by atoms with Crippen LogP contribution in [0.15, 0.2) is 66.0 Å². The SMILES string of the molecule is Cc1ccc(CN2C(=O)c3ccccc3N[C@H]2c2cccs2)cc1. The molecule has 0 spiro atoms. The lowest BCUT2D eigenvalue weighted by atomic mass is 10.1. The third-order valence-corrected chi connectivity index (χ3v) is 5.23. The number of carbonyl (C=O) groups excluding carboxylic acids is 1. The first-order chi connectivity index (χ1) is 11.7. The molecule has 1 atom stereocenters. The van der Waals surface area contributed by atoms with Crippen molar-refractivity contribution in [3.8, 4) is 0 Å². The molecule has 0 fully saturated rings. The minimum atomic E-state index is -0.131. The lowest BCUT2D eigenvalue weighted by Crippen LogP contribution is -2.42. The highest BCUT2D eigenvalue weighted by atomic mass is 32.1. The number of amides is 1. The lowest BCUT2D eigenvalue weighted by Gasteiger charge is -2.37. The van der Waals surface area contributed by atoms with E-state index < -0.39 is 0 Å². The summed E-state index contributed by atoms with van der Waals surface area (Å²) in [6.45, 7) is 2.66. The van der Waals surface area contributed by atoms with Crippen molar-refractivity contribution in [3.63, 3.8) is 0 Å². The second-order valence-electron chi connectivity index (χ2n) is 6.03. The van der Waals surface area contributed by atoms with Gasteiger partial charge in [0, 0.05) is 17.1 Å². The van der Waals surface area contributed by atoms with Gasteiger partial charge < -0.3 is 10.2 Å². The maximum atomic E-state index is 13.1. The molecule has 3 nitrogen and oxygen atoms in total. The summed E-state index contributed by atoms with van der Waals surface area (Å²) < 4.78 is 0. The molecule has 24 heavy (non-hydrogen) atoms. The molecule has 2 heterocycles. The Morgan fingerprint density at radius 1 is 1.04 bits per heavy atom. The number of nitrogens with zero attached hydrogens (tertiary/aromatic N) is 1. The van der Waals surface area contributed by atoms with E-state index in [2.05, 4.69) is 42.6 Å². The van der Waals surface area contributed by atoms with Crippen molar-refractivity contribution < 1.29 is 4.79 Å². The molecule has 1 aliphatic heterocycles. The van der Waals surface area contributed by atoms with Gasteiger partial charge in [0.25, 0.3) is 5.91 Å². The average molecular weight is 334 g/mol. The molecule has 120 valence electrons. The minimum absolute atomic E-state index is 0.0725. The van der Waals surface area contributed by atoms with Crippen LogP contribution in [0, 0.1) is 6.92 Å². The normalized spacial score (nSPS) is 16.6. The van der Waals surface area contributed by atoms with Crippen molar-refractivity contribution >= 4 is 22.9 Å².